The van der Waals surface area contributed by atoms with Crippen LogP contribution >= 0.6 is 15.9 Å². The topological polar surface area (TPSA) is 73.3 Å². The summed E-state index contributed by atoms with van der Waals surface area (Å²) in [7, 11) is 0. The van der Waals surface area contributed by atoms with E-state index in [2.05, 4.69) is 20.9 Å². The highest BCUT2D eigenvalue weighted by atomic mass is 79.9. The van der Waals surface area contributed by atoms with E-state index in [9.17, 15) is 4.79 Å². The second-order valence-corrected chi connectivity index (χ2v) is 3.16. The molecule has 0 unspecified atom stereocenters. The zero-order valence-corrected chi connectivity index (χ0v) is 7.76. The maximum absolute atomic E-state index is 10.3. The number of carbonyl (C=O) groups is 1. The quantitative estimate of drug-likeness (QED) is 0.727. The van der Waals surface area contributed by atoms with Crippen molar-refractivity contribution in [3.8, 4) is 0 Å². The average molecular weight is 234 g/mol. The van der Waals surface area contributed by atoms with Crippen molar-refractivity contribution in [2.24, 2.45) is 0 Å². The molecule has 1 heterocycles. The highest BCUT2D eigenvalue weighted by Crippen LogP contribution is 2.17. The molecule has 3 N–H and O–H groups in total. The zero-order valence-electron chi connectivity index (χ0n) is 6.17. The first-order chi connectivity index (χ1) is 5.63. The summed E-state index contributed by atoms with van der Waals surface area (Å²) < 4.78 is 0.640. The fourth-order valence-electron chi connectivity index (χ4n) is 0.904. The lowest BCUT2D eigenvalue weighted by Crippen LogP contribution is -1.99. The first kappa shape index (κ1) is 9.28. The minimum Gasteiger partial charge on any atom is -0.481 e. The molecule has 5 heteroatoms. The van der Waals surface area contributed by atoms with Gasteiger partial charge in [0.1, 0.15) is 0 Å². The lowest BCUT2D eigenvalue weighted by Gasteiger charge is -1.87. The molecule has 0 radical (unpaired) electrons. The van der Waals surface area contributed by atoms with Crippen LogP contribution in [0.4, 0.5) is 0 Å². The second kappa shape index (κ2) is 3.73. The molecule has 66 valence electrons. The van der Waals surface area contributed by atoms with Gasteiger partial charge in [0.15, 0.2) is 0 Å². The minimum absolute atomic E-state index is 0.0569. The molecule has 0 saturated heterocycles. The summed E-state index contributed by atoms with van der Waals surface area (Å²) in [6.07, 6.45) is -0.0569. The second-order valence-electron chi connectivity index (χ2n) is 2.36. The summed E-state index contributed by atoms with van der Waals surface area (Å²) in [4.78, 5) is 13.1. The number of halogens is 1. The Kier molecular flexibility index (Phi) is 2.88. The summed E-state index contributed by atoms with van der Waals surface area (Å²) in [6, 6.07) is 1.62. The highest BCUT2D eigenvalue weighted by molar-refractivity contribution is 9.10. The molecule has 0 spiro atoms. The summed E-state index contributed by atoms with van der Waals surface area (Å²) in [6.45, 7) is -0.100. The van der Waals surface area contributed by atoms with E-state index in [4.69, 9.17) is 10.2 Å². The average Bonchev–Trinajstić information content (AvgIpc) is 2.29. The van der Waals surface area contributed by atoms with E-state index < -0.39 is 5.97 Å². The summed E-state index contributed by atoms with van der Waals surface area (Å²) in [5, 5.41) is 17.2. The number of hydrogen-bond acceptors (Lipinski definition) is 2. The molecule has 0 aliphatic heterocycles. The number of aliphatic hydroxyl groups excluding tert-OH is 1. The number of rotatable bonds is 3. The number of aliphatic carboxylic acids is 1. The number of aliphatic hydroxyl groups is 1. The summed E-state index contributed by atoms with van der Waals surface area (Å²) in [5.41, 5.74) is 1.25. The maximum Gasteiger partial charge on any atom is 0.309 e. The largest absolute Gasteiger partial charge is 0.481 e. The Morgan fingerprint density at radius 1 is 1.67 bits per heavy atom. The fraction of sp³-hybridized carbons (Fsp3) is 0.286. The molecule has 0 bridgehead atoms. The van der Waals surface area contributed by atoms with Crippen LogP contribution in [0.25, 0.3) is 0 Å². The number of aromatic amines is 1. The van der Waals surface area contributed by atoms with Gasteiger partial charge in [0.2, 0.25) is 0 Å². The number of carboxylic acids is 1. The van der Waals surface area contributed by atoms with Crippen molar-refractivity contribution in [3.05, 3.63) is 21.9 Å². The first-order valence-electron chi connectivity index (χ1n) is 3.32. The molecule has 1 aromatic rings. The molecule has 0 aliphatic carbocycles. The van der Waals surface area contributed by atoms with Gasteiger partial charge in [-0.05, 0) is 22.0 Å². The van der Waals surface area contributed by atoms with Crippen molar-refractivity contribution >= 4 is 21.9 Å². The lowest BCUT2D eigenvalue weighted by molar-refractivity contribution is -0.136. The van der Waals surface area contributed by atoms with Crippen LogP contribution in [0.15, 0.2) is 10.7 Å². The monoisotopic (exact) mass is 233 g/mol. The molecule has 0 amide bonds. The van der Waals surface area contributed by atoms with Gasteiger partial charge in [-0.1, -0.05) is 0 Å². The van der Waals surface area contributed by atoms with Crippen molar-refractivity contribution in [1.29, 1.82) is 0 Å². The van der Waals surface area contributed by atoms with Crippen LogP contribution in [0.5, 0.6) is 0 Å². The first-order valence-corrected chi connectivity index (χ1v) is 4.11. The number of H-pyrrole nitrogens is 1. The van der Waals surface area contributed by atoms with Gasteiger partial charge in [0.05, 0.1) is 17.6 Å². The van der Waals surface area contributed by atoms with Gasteiger partial charge in [-0.25, -0.2) is 0 Å². The summed E-state index contributed by atoms with van der Waals surface area (Å²) >= 11 is 3.16. The Hall–Kier alpha value is -0.810. The number of aromatic nitrogens is 1. The SMILES string of the molecule is O=C(O)Cc1cc(CO)c(Br)[nH]1. The van der Waals surface area contributed by atoms with Gasteiger partial charge in [-0.15, -0.1) is 0 Å². The molecule has 0 atom stereocenters. The minimum atomic E-state index is -0.895. The van der Waals surface area contributed by atoms with E-state index >= 15 is 0 Å². The molecule has 0 fully saturated rings. The molecular formula is C7H8BrNO3. The van der Waals surface area contributed by atoms with Gasteiger partial charge in [0.25, 0.3) is 0 Å². The van der Waals surface area contributed by atoms with Crippen molar-refractivity contribution in [3.63, 3.8) is 0 Å². The van der Waals surface area contributed by atoms with E-state index in [1.54, 1.807) is 6.07 Å². The highest BCUT2D eigenvalue weighted by Gasteiger charge is 2.07. The Labute approximate surface area is 77.4 Å². The molecule has 1 aromatic heterocycles. The standard InChI is InChI=1S/C7H8BrNO3/c8-7-4(3-10)1-5(9-7)2-6(11)12/h1,9-10H,2-3H2,(H,11,12). The van der Waals surface area contributed by atoms with Gasteiger partial charge in [-0.3, -0.25) is 4.79 Å². The smallest absolute Gasteiger partial charge is 0.309 e. The van der Waals surface area contributed by atoms with Crippen LogP contribution in [-0.4, -0.2) is 21.2 Å². The van der Waals surface area contributed by atoms with Crippen molar-refractivity contribution < 1.29 is 15.0 Å². The van der Waals surface area contributed by atoms with E-state index in [1.165, 1.54) is 0 Å². The Morgan fingerprint density at radius 3 is 2.75 bits per heavy atom. The number of nitrogens with one attached hydrogen (secondary N) is 1. The van der Waals surface area contributed by atoms with Crippen LogP contribution in [0.1, 0.15) is 11.3 Å². The molecule has 0 aliphatic rings. The van der Waals surface area contributed by atoms with Gasteiger partial charge >= 0.3 is 5.97 Å². The van der Waals surface area contributed by atoms with Crippen LogP contribution in [0, 0.1) is 0 Å². The van der Waals surface area contributed by atoms with Gasteiger partial charge < -0.3 is 15.2 Å². The Morgan fingerprint density at radius 2 is 2.33 bits per heavy atom. The van der Waals surface area contributed by atoms with Crippen molar-refractivity contribution in [1.82, 2.24) is 4.98 Å². The van der Waals surface area contributed by atoms with E-state index in [-0.39, 0.29) is 13.0 Å². The van der Waals surface area contributed by atoms with Crippen LogP contribution in [-0.2, 0) is 17.8 Å². The molecular weight excluding hydrogens is 226 g/mol. The predicted molar refractivity (Wildman–Crippen MR) is 45.8 cm³/mol. The third-order valence-electron chi connectivity index (χ3n) is 1.41. The third kappa shape index (κ3) is 2.09. The van der Waals surface area contributed by atoms with Crippen molar-refractivity contribution in [2.75, 3.05) is 0 Å². The van der Waals surface area contributed by atoms with Crippen molar-refractivity contribution in [2.45, 2.75) is 13.0 Å². The Bertz CT molecular complexity index is 295. The number of hydrogen-bond donors (Lipinski definition) is 3. The van der Waals surface area contributed by atoms with Gasteiger partial charge in [0, 0.05) is 11.3 Å². The van der Waals surface area contributed by atoms with E-state index in [1.807, 2.05) is 0 Å². The maximum atomic E-state index is 10.3. The van der Waals surface area contributed by atoms with Crippen LogP contribution < -0.4 is 0 Å². The predicted octanol–water partition coefficient (Wildman–Crippen LogP) is 0.897. The normalized spacial score (nSPS) is 10.2. The van der Waals surface area contributed by atoms with Crippen LogP contribution in [0.3, 0.4) is 0 Å². The lowest BCUT2D eigenvalue weighted by atomic mass is 10.3. The Balaban J connectivity index is 2.82. The van der Waals surface area contributed by atoms with E-state index in [0.717, 1.165) is 0 Å². The molecule has 1 rings (SSSR count). The zero-order chi connectivity index (χ0) is 9.14. The summed E-state index contributed by atoms with van der Waals surface area (Å²) in [5.74, 6) is -0.895. The molecule has 0 saturated carbocycles. The molecule has 4 nitrogen and oxygen atoms in total. The molecule has 12 heavy (non-hydrogen) atoms. The van der Waals surface area contributed by atoms with Crippen LogP contribution in [0.2, 0.25) is 0 Å². The van der Waals surface area contributed by atoms with Gasteiger partial charge in [-0.2, -0.15) is 0 Å². The fourth-order valence-corrected chi connectivity index (χ4v) is 1.40. The molecule has 0 aromatic carbocycles. The third-order valence-corrected chi connectivity index (χ3v) is 2.12. The van der Waals surface area contributed by atoms with E-state index in [0.29, 0.717) is 15.9 Å². The number of carboxylic acid groups (broad SMARTS) is 1.